The summed E-state index contributed by atoms with van der Waals surface area (Å²) in [6.45, 7) is 6.35. The Kier molecular flexibility index (Phi) is 3.06. The van der Waals surface area contributed by atoms with Crippen LogP contribution in [0.15, 0.2) is 29.3 Å². The highest BCUT2D eigenvalue weighted by molar-refractivity contribution is 9.10. The molecule has 0 saturated heterocycles. The summed E-state index contributed by atoms with van der Waals surface area (Å²) >= 11 is 3.47. The Bertz CT molecular complexity index is 512. The summed E-state index contributed by atoms with van der Waals surface area (Å²) in [4.78, 5) is 8.25. The van der Waals surface area contributed by atoms with Gasteiger partial charge in [0.15, 0.2) is 0 Å². The Morgan fingerprint density at radius 3 is 2.25 bits per heavy atom. The Morgan fingerprint density at radius 2 is 1.69 bits per heavy atom. The van der Waals surface area contributed by atoms with Crippen molar-refractivity contribution in [3.05, 3.63) is 46.0 Å². The van der Waals surface area contributed by atoms with E-state index in [9.17, 15) is 0 Å². The van der Waals surface area contributed by atoms with E-state index >= 15 is 0 Å². The maximum atomic E-state index is 4.17. The molecule has 1 aromatic carbocycles. The molecule has 3 heteroatoms. The Morgan fingerprint density at radius 1 is 1.06 bits per heavy atom. The molecule has 0 bridgehead atoms. The molecule has 0 aliphatic carbocycles. The van der Waals surface area contributed by atoms with Crippen molar-refractivity contribution in [3.63, 3.8) is 0 Å². The molecule has 0 radical (unpaired) electrons. The minimum Gasteiger partial charge on any atom is -0.244 e. The lowest BCUT2D eigenvalue weighted by Crippen LogP contribution is -1.93. The molecule has 0 atom stereocenters. The third kappa shape index (κ3) is 2.00. The van der Waals surface area contributed by atoms with Crippen molar-refractivity contribution in [1.29, 1.82) is 0 Å². The zero-order valence-electron chi connectivity index (χ0n) is 9.58. The van der Waals surface area contributed by atoms with Crippen LogP contribution in [0.5, 0.6) is 0 Å². The predicted molar refractivity (Wildman–Crippen MR) is 69.4 cm³/mol. The molecule has 16 heavy (non-hydrogen) atoms. The van der Waals surface area contributed by atoms with Crippen LogP contribution in [-0.2, 0) is 0 Å². The lowest BCUT2D eigenvalue weighted by Gasteiger charge is -2.11. The molecule has 2 rings (SSSR count). The van der Waals surface area contributed by atoms with E-state index in [1.807, 2.05) is 6.20 Å². The summed E-state index contributed by atoms with van der Waals surface area (Å²) in [6, 6.07) is 4.36. The van der Waals surface area contributed by atoms with Gasteiger partial charge < -0.3 is 0 Å². The number of nitrogens with zero attached hydrogens (tertiary/aromatic N) is 2. The Labute approximate surface area is 104 Å². The van der Waals surface area contributed by atoms with E-state index in [-0.39, 0.29) is 0 Å². The van der Waals surface area contributed by atoms with Gasteiger partial charge in [-0.25, -0.2) is 9.97 Å². The van der Waals surface area contributed by atoms with Crippen molar-refractivity contribution in [3.8, 4) is 11.1 Å². The van der Waals surface area contributed by atoms with Gasteiger partial charge in [0, 0.05) is 11.8 Å². The van der Waals surface area contributed by atoms with Gasteiger partial charge in [0.05, 0.1) is 0 Å². The van der Waals surface area contributed by atoms with Crippen LogP contribution in [0.3, 0.4) is 0 Å². The van der Waals surface area contributed by atoms with Gasteiger partial charge >= 0.3 is 0 Å². The zero-order chi connectivity index (χ0) is 11.7. The Hall–Kier alpha value is -1.22. The molecule has 0 N–H and O–H groups in total. The molecular formula is C13H13BrN2. The number of hydrogen-bond acceptors (Lipinski definition) is 2. The molecule has 1 aromatic heterocycles. The summed E-state index contributed by atoms with van der Waals surface area (Å²) in [5.41, 5.74) is 6.07. The maximum absolute atomic E-state index is 4.17. The van der Waals surface area contributed by atoms with Crippen molar-refractivity contribution in [2.45, 2.75) is 20.8 Å². The number of benzene rings is 1. The second-order valence-electron chi connectivity index (χ2n) is 4.00. The van der Waals surface area contributed by atoms with E-state index in [1.54, 1.807) is 6.33 Å². The number of rotatable bonds is 1. The first-order chi connectivity index (χ1) is 7.59. The van der Waals surface area contributed by atoms with Crippen molar-refractivity contribution in [1.82, 2.24) is 9.97 Å². The average molecular weight is 277 g/mol. The van der Waals surface area contributed by atoms with Gasteiger partial charge in [-0.1, -0.05) is 17.7 Å². The van der Waals surface area contributed by atoms with Crippen LogP contribution in [-0.4, -0.2) is 9.97 Å². The van der Waals surface area contributed by atoms with Crippen molar-refractivity contribution in [2.75, 3.05) is 0 Å². The van der Waals surface area contributed by atoms with Gasteiger partial charge in [-0.15, -0.1) is 0 Å². The highest BCUT2D eigenvalue weighted by atomic mass is 79.9. The largest absolute Gasteiger partial charge is 0.244 e. The van der Waals surface area contributed by atoms with Gasteiger partial charge in [-0.05, 0) is 53.4 Å². The molecule has 1 heterocycles. The third-order valence-corrected chi connectivity index (χ3v) is 3.24. The van der Waals surface area contributed by atoms with E-state index in [0.717, 1.165) is 10.2 Å². The van der Waals surface area contributed by atoms with Crippen LogP contribution >= 0.6 is 15.9 Å². The summed E-state index contributed by atoms with van der Waals surface area (Å²) in [5.74, 6) is 0. The van der Waals surface area contributed by atoms with Gasteiger partial charge in [0.25, 0.3) is 0 Å². The molecule has 82 valence electrons. The highest BCUT2D eigenvalue weighted by Crippen LogP contribution is 2.31. The fraction of sp³-hybridized carbons (Fsp3) is 0.231. The summed E-state index contributed by atoms with van der Waals surface area (Å²) in [7, 11) is 0. The lowest BCUT2D eigenvalue weighted by atomic mass is 9.96. The van der Waals surface area contributed by atoms with Gasteiger partial charge in [-0.2, -0.15) is 0 Å². The summed E-state index contributed by atoms with van der Waals surface area (Å²) < 4.78 is 0.845. The molecule has 2 nitrogen and oxygen atoms in total. The van der Waals surface area contributed by atoms with Crippen LogP contribution in [0.2, 0.25) is 0 Å². The molecular weight excluding hydrogens is 264 g/mol. The smallest absolute Gasteiger partial charge is 0.117 e. The average Bonchev–Trinajstić information content (AvgIpc) is 2.19. The van der Waals surface area contributed by atoms with E-state index in [1.165, 1.54) is 22.3 Å². The first-order valence-corrected chi connectivity index (χ1v) is 5.92. The topological polar surface area (TPSA) is 25.8 Å². The molecule has 0 aliphatic rings. The molecule has 0 saturated carbocycles. The van der Waals surface area contributed by atoms with E-state index in [2.05, 4.69) is 58.8 Å². The highest BCUT2D eigenvalue weighted by Gasteiger charge is 2.10. The summed E-state index contributed by atoms with van der Waals surface area (Å²) in [5, 5.41) is 0. The molecule has 0 unspecified atom stereocenters. The van der Waals surface area contributed by atoms with Crippen LogP contribution in [0.1, 0.15) is 16.7 Å². The number of aromatic nitrogens is 2. The quantitative estimate of drug-likeness (QED) is 0.740. The SMILES string of the molecule is Cc1cc(C)c(-c2cncnc2Br)c(C)c1. The third-order valence-electron chi connectivity index (χ3n) is 2.61. The Balaban J connectivity index is 2.70. The van der Waals surface area contributed by atoms with Crippen LogP contribution in [0, 0.1) is 20.8 Å². The van der Waals surface area contributed by atoms with Gasteiger partial charge in [0.1, 0.15) is 10.9 Å². The monoisotopic (exact) mass is 276 g/mol. The van der Waals surface area contributed by atoms with Crippen molar-refractivity contribution in [2.24, 2.45) is 0 Å². The summed E-state index contributed by atoms with van der Waals surface area (Å²) in [6.07, 6.45) is 3.40. The van der Waals surface area contributed by atoms with Crippen LogP contribution in [0.25, 0.3) is 11.1 Å². The number of aryl methyl sites for hydroxylation is 3. The molecule has 2 aromatic rings. The predicted octanol–water partition coefficient (Wildman–Crippen LogP) is 3.83. The van der Waals surface area contributed by atoms with E-state index in [0.29, 0.717) is 0 Å². The molecule has 0 aliphatic heterocycles. The minimum absolute atomic E-state index is 0.845. The first-order valence-electron chi connectivity index (χ1n) is 5.13. The van der Waals surface area contributed by atoms with E-state index < -0.39 is 0 Å². The molecule has 0 amide bonds. The second kappa shape index (κ2) is 4.34. The van der Waals surface area contributed by atoms with Gasteiger partial charge in [-0.3, -0.25) is 0 Å². The van der Waals surface area contributed by atoms with Crippen molar-refractivity contribution >= 4 is 15.9 Å². The standard InChI is InChI=1S/C13H13BrN2/c1-8-4-9(2)12(10(3)5-8)11-6-15-7-16-13(11)14/h4-7H,1-3H3. The fourth-order valence-corrected chi connectivity index (χ4v) is 2.48. The van der Waals surface area contributed by atoms with Crippen molar-refractivity contribution < 1.29 is 0 Å². The zero-order valence-corrected chi connectivity index (χ0v) is 11.2. The van der Waals surface area contributed by atoms with Crippen LogP contribution < -0.4 is 0 Å². The maximum Gasteiger partial charge on any atom is 0.117 e. The van der Waals surface area contributed by atoms with Crippen LogP contribution in [0.4, 0.5) is 0 Å². The van der Waals surface area contributed by atoms with Gasteiger partial charge in [0.2, 0.25) is 0 Å². The number of hydrogen-bond donors (Lipinski definition) is 0. The second-order valence-corrected chi connectivity index (χ2v) is 4.75. The first kappa shape index (κ1) is 11.3. The minimum atomic E-state index is 0.845. The molecule has 0 fully saturated rings. The van der Waals surface area contributed by atoms with E-state index in [4.69, 9.17) is 0 Å². The fourth-order valence-electron chi connectivity index (χ4n) is 2.09. The molecule has 0 spiro atoms. The number of halogens is 1. The lowest BCUT2D eigenvalue weighted by molar-refractivity contribution is 1.14. The normalized spacial score (nSPS) is 10.5.